The van der Waals surface area contributed by atoms with Gasteiger partial charge in [0.2, 0.25) is 17.2 Å². The summed E-state index contributed by atoms with van der Waals surface area (Å²) >= 11 is -2.01. The van der Waals surface area contributed by atoms with E-state index in [-0.39, 0.29) is 35.9 Å². The number of hydrogen-bond acceptors (Lipinski definition) is 4. The van der Waals surface area contributed by atoms with Gasteiger partial charge in [-0.1, -0.05) is 30.3 Å². The molecule has 7 nitrogen and oxygen atoms in total. The summed E-state index contributed by atoms with van der Waals surface area (Å²) in [7, 11) is 1.63. The normalized spacial score (nSPS) is 32.1. The fourth-order valence-corrected chi connectivity index (χ4v) is 5.67. The van der Waals surface area contributed by atoms with Crippen LogP contribution in [-0.4, -0.2) is 68.8 Å². The van der Waals surface area contributed by atoms with E-state index in [1.54, 1.807) is 7.05 Å². The van der Waals surface area contributed by atoms with Crippen LogP contribution >= 0.6 is 0 Å². The first-order valence-electron chi connectivity index (χ1n) is 12.0. The Morgan fingerprint density at radius 3 is 2.47 bits per heavy atom. The molecule has 2 saturated carbocycles. The molecule has 3 N–H and O–H groups in total. The summed E-state index contributed by atoms with van der Waals surface area (Å²) in [6.45, 7) is 1.53. The molecular weight excluding hydrogens is 426 g/mol. The number of benzene rings is 1. The first-order valence-corrected chi connectivity index (χ1v) is 13.0. The minimum absolute atomic E-state index is 0.0572. The lowest BCUT2D eigenvalue weighted by Gasteiger charge is -2.45. The first-order chi connectivity index (χ1) is 15.4. The Balaban J connectivity index is 1.35. The van der Waals surface area contributed by atoms with Crippen molar-refractivity contribution >= 4 is 17.2 Å². The van der Waals surface area contributed by atoms with Gasteiger partial charge in [0.15, 0.2) is 0 Å². The van der Waals surface area contributed by atoms with Crippen LogP contribution in [0, 0.1) is 11.8 Å². The van der Waals surface area contributed by atoms with Gasteiger partial charge in [0.05, 0.1) is 18.8 Å². The van der Waals surface area contributed by atoms with Crippen molar-refractivity contribution in [2.24, 2.45) is 17.6 Å². The molecule has 0 aromatic heterocycles. The molecule has 1 amide bonds. The highest BCUT2D eigenvalue weighted by atomic mass is 32.2. The topological polar surface area (TPSA) is 96.1 Å². The summed E-state index contributed by atoms with van der Waals surface area (Å²) in [4.78, 5) is 14.9. The standard InChI is InChI=1S/C24H37N3O4S/c1-26(32(29)30)15-20-13-14-27(24(28)19-7-8-19)22(23(20)25)16-31-21-11-9-18(10-12-21)17-5-3-2-4-6-17/h2-6,18-23H,7-16,25H2,1H3,(H,29,30)/t18?,20?,21?,22-,23-/m0/s1. The smallest absolute Gasteiger partial charge is 0.234 e. The minimum atomic E-state index is -2.01. The van der Waals surface area contributed by atoms with Gasteiger partial charge in [-0.2, -0.15) is 0 Å². The van der Waals surface area contributed by atoms with Crippen LogP contribution < -0.4 is 5.73 Å². The third-order valence-electron chi connectivity index (χ3n) is 7.55. The highest BCUT2D eigenvalue weighted by Crippen LogP contribution is 2.36. The van der Waals surface area contributed by atoms with Gasteiger partial charge in [0, 0.05) is 32.1 Å². The number of rotatable bonds is 8. The molecule has 1 aromatic rings. The van der Waals surface area contributed by atoms with Gasteiger partial charge in [0.1, 0.15) is 0 Å². The second-order valence-corrected chi connectivity index (χ2v) is 10.8. The maximum atomic E-state index is 12.9. The predicted octanol–water partition coefficient (Wildman–Crippen LogP) is 2.75. The zero-order chi connectivity index (χ0) is 22.7. The second kappa shape index (κ2) is 10.7. The summed E-state index contributed by atoms with van der Waals surface area (Å²) in [5.74, 6) is 1.01. The quantitative estimate of drug-likeness (QED) is 0.578. The third kappa shape index (κ3) is 5.78. The molecular formula is C24H37N3O4S. The van der Waals surface area contributed by atoms with Crippen molar-refractivity contribution in [3.8, 4) is 0 Å². The van der Waals surface area contributed by atoms with Crippen LogP contribution in [0.3, 0.4) is 0 Å². The first kappa shape index (κ1) is 23.8. The number of likely N-dealkylation sites (tertiary alicyclic amines) is 1. The fourth-order valence-electron chi connectivity index (χ4n) is 5.35. The molecule has 3 fully saturated rings. The zero-order valence-corrected chi connectivity index (χ0v) is 19.8. The van der Waals surface area contributed by atoms with Gasteiger partial charge in [0.25, 0.3) is 0 Å². The van der Waals surface area contributed by atoms with Crippen LogP contribution in [0.2, 0.25) is 0 Å². The van der Waals surface area contributed by atoms with Gasteiger partial charge in [-0.3, -0.25) is 9.35 Å². The molecule has 4 atom stereocenters. The molecule has 4 rings (SSSR count). The summed E-state index contributed by atoms with van der Waals surface area (Å²) in [5.41, 5.74) is 8.06. The van der Waals surface area contributed by atoms with Crippen molar-refractivity contribution in [2.45, 2.75) is 69.1 Å². The maximum absolute atomic E-state index is 12.9. The van der Waals surface area contributed by atoms with Crippen LogP contribution in [0.4, 0.5) is 0 Å². The highest BCUT2D eigenvalue weighted by molar-refractivity contribution is 7.76. The van der Waals surface area contributed by atoms with Crippen molar-refractivity contribution in [3.63, 3.8) is 0 Å². The monoisotopic (exact) mass is 463 g/mol. The van der Waals surface area contributed by atoms with Crippen molar-refractivity contribution < 1.29 is 18.3 Å². The Morgan fingerprint density at radius 1 is 1.16 bits per heavy atom. The molecule has 178 valence electrons. The lowest BCUT2D eigenvalue weighted by atomic mass is 9.82. The number of nitrogens with two attached hydrogens (primary N) is 1. The Morgan fingerprint density at radius 2 is 1.84 bits per heavy atom. The van der Waals surface area contributed by atoms with Crippen LogP contribution in [0.15, 0.2) is 30.3 Å². The van der Waals surface area contributed by atoms with Gasteiger partial charge in [-0.05, 0) is 62.3 Å². The number of nitrogens with zero attached hydrogens (tertiary/aromatic N) is 2. The molecule has 8 heteroatoms. The zero-order valence-electron chi connectivity index (χ0n) is 19.0. The van der Waals surface area contributed by atoms with E-state index in [2.05, 4.69) is 30.3 Å². The van der Waals surface area contributed by atoms with Crippen molar-refractivity contribution in [1.82, 2.24) is 9.21 Å². The van der Waals surface area contributed by atoms with Gasteiger partial charge in [-0.25, -0.2) is 8.51 Å². The third-order valence-corrected chi connectivity index (χ3v) is 8.23. The molecule has 32 heavy (non-hydrogen) atoms. The molecule has 1 heterocycles. The van der Waals surface area contributed by atoms with Crippen LogP contribution in [-0.2, 0) is 20.8 Å². The number of carbonyl (C=O) groups excluding carboxylic acids is 1. The second-order valence-electron chi connectivity index (χ2n) is 9.76. The fraction of sp³-hybridized carbons (Fsp3) is 0.708. The number of piperidine rings is 1. The number of carbonyl (C=O) groups is 1. The molecule has 0 bridgehead atoms. The van der Waals surface area contributed by atoms with Crippen LogP contribution in [0.1, 0.15) is 56.4 Å². The van der Waals surface area contributed by atoms with E-state index in [0.29, 0.717) is 25.6 Å². The van der Waals surface area contributed by atoms with Gasteiger partial charge >= 0.3 is 0 Å². The molecule has 0 radical (unpaired) electrons. The maximum Gasteiger partial charge on any atom is 0.234 e. The molecule has 1 aromatic carbocycles. The predicted molar refractivity (Wildman–Crippen MR) is 125 cm³/mol. The molecule has 1 aliphatic heterocycles. The Kier molecular flexibility index (Phi) is 8.00. The molecule has 0 spiro atoms. The Hall–Kier alpha value is -1.32. The van der Waals surface area contributed by atoms with E-state index >= 15 is 0 Å². The largest absolute Gasteiger partial charge is 0.376 e. The number of ether oxygens (including phenoxy) is 1. The number of amides is 1. The van der Waals surface area contributed by atoms with Gasteiger partial charge in [-0.15, -0.1) is 0 Å². The van der Waals surface area contributed by atoms with E-state index in [9.17, 15) is 13.6 Å². The Bertz CT molecular complexity index is 783. The van der Waals surface area contributed by atoms with E-state index in [4.69, 9.17) is 10.5 Å². The molecule has 3 aliphatic rings. The average Bonchev–Trinajstić information content (AvgIpc) is 3.65. The van der Waals surface area contributed by atoms with Crippen molar-refractivity contribution in [2.75, 3.05) is 26.7 Å². The van der Waals surface area contributed by atoms with Gasteiger partial charge < -0.3 is 15.4 Å². The van der Waals surface area contributed by atoms with Crippen LogP contribution in [0.25, 0.3) is 0 Å². The van der Waals surface area contributed by atoms with E-state index < -0.39 is 11.3 Å². The summed E-state index contributed by atoms with van der Waals surface area (Å²) in [5, 5.41) is 0. The Labute approximate surface area is 194 Å². The van der Waals surface area contributed by atoms with Crippen molar-refractivity contribution in [3.05, 3.63) is 35.9 Å². The lowest BCUT2D eigenvalue weighted by molar-refractivity contribution is -0.141. The summed E-state index contributed by atoms with van der Waals surface area (Å²) in [6, 6.07) is 10.3. The average molecular weight is 464 g/mol. The molecule has 1 saturated heterocycles. The summed E-state index contributed by atoms with van der Waals surface area (Å²) in [6.07, 6.45) is 7.17. The minimum Gasteiger partial charge on any atom is -0.376 e. The highest BCUT2D eigenvalue weighted by Gasteiger charge is 2.43. The summed E-state index contributed by atoms with van der Waals surface area (Å²) < 4.78 is 28.5. The van der Waals surface area contributed by atoms with E-state index in [1.807, 2.05) is 4.90 Å². The van der Waals surface area contributed by atoms with E-state index in [1.165, 1.54) is 9.87 Å². The lowest BCUT2D eigenvalue weighted by Crippen LogP contribution is -2.62. The SMILES string of the molecule is CN(CC1CCN(C(=O)C2CC2)[C@@H](COC2CCC(c3ccccc3)CC2)[C@H]1N)S(=O)O. The van der Waals surface area contributed by atoms with Crippen molar-refractivity contribution in [1.29, 1.82) is 0 Å². The van der Waals surface area contributed by atoms with Crippen LogP contribution in [0.5, 0.6) is 0 Å². The number of hydrogen-bond donors (Lipinski definition) is 2. The van der Waals surface area contributed by atoms with E-state index in [0.717, 1.165) is 44.9 Å². The molecule has 2 unspecified atom stereocenters. The molecule has 2 aliphatic carbocycles.